The fourth-order valence-corrected chi connectivity index (χ4v) is 3.74. The molecule has 0 aliphatic carbocycles. The van der Waals surface area contributed by atoms with E-state index in [0.29, 0.717) is 12.2 Å². The highest BCUT2D eigenvalue weighted by Gasteiger charge is 2.14. The van der Waals surface area contributed by atoms with E-state index in [2.05, 4.69) is 25.7 Å². The summed E-state index contributed by atoms with van der Waals surface area (Å²) in [6.07, 6.45) is 0. The second-order valence-corrected chi connectivity index (χ2v) is 7.13. The Bertz CT molecular complexity index is 861. The van der Waals surface area contributed by atoms with Crippen LogP contribution in [0.25, 0.3) is 10.6 Å². The second-order valence-electron chi connectivity index (χ2n) is 6.15. The van der Waals surface area contributed by atoms with E-state index in [0.717, 1.165) is 47.4 Å². The molecule has 7 heteroatoms. The second kappa shape index (κ2) is 7.80. The van der Waals surface area contributed by atoms with E-state index in [-0.39, 0.29) is 5.82 Å². The number of halogens is 1. The van der Waals surface area contributed by atoms with Gasteiger partial charge < -0.3 is 15.5 Å². The Morgan fingerprint density at radius 1 is 1.08 bits per heavy atom. The van der Waals surface area contributed by atoms with Gasteiger partial charge in [-0.2, -0.15) is 0 Å². The van der Waals surface area contributed by atoms with Gasteiger partial charge in [-0.15, -0.1) is 10.2 Å². The van der Waals surface area contributed by atoms with Crippen LogP contribution in [0.5, 0.6) is 0 Å². The predicted octanol–water partition coefficient (Wildman–Crippen LogP) is 3.37. The highest BCUT2D eigenvalue weighted by Crippen LogP contribution is 2.27. The molecule has 0 atom stereocenters. The smallest absolute Gasteiger partial charge is 0.206 e. The number of rotatable bonds is 5. The van der Waals surface area contributed by atoms with Crippen molar-refractivity contribution in [3.05, 3.63) is 59.9 Å². The lowest BCUT2D eigenvalue weighted by Gasteiger charge is -2.29. The first-order chi connectivity index (χ1) is 12.8. The normalized spacial score (nSPS) is 14.4. The van der Waals surface area contributed by atoms with Crippen LogP contribution in [0.4, 0.5) is 15.2 Å². The van der Waals surface area contributed by atoms with Gasteiger partial charge in [0.25, 0.3) is 0 Å². The standard InChI is InChI=1S/C19H20FN5S/c20-16-12-14(6-7-17(16)25-10-8-21-9-11-25)13-22-19-24-23-18(26-19)15-4-2-1-3-5-15/h1-7,12,21H,8-11,13H2,(H,22,24). The van der Waals surface area contributed by atoms with Crippen LogP contribution in [0.2, 0.25) is 0 Å². The van der Waals surface area contributed by atoms with Crippen LogP contribution in [0.3, 0.4) is 0 Å². The van der Waals surface area contributed by atoms with E-state index in [9.17, 15) is 4.39 Å². The minimum absolute atomic E-state index is 0.173. The van der Waals surface area contributed by atoms with Crippen molar-refractivity contribution in [1.29, 1.82) is 0 Å². The topological polar surface area (TPSA) is 53.1 Å². The number of anilines is 2. The first-order valence-electron chi connectivity index (χ1n) is 8.66. The van der Waals surface area contributed by atoms with Crippen LogP contribution < -0.4 is 15.5 Å². The van der Waals surface area contributed by atoms with Gasteiger partial charge in [0.15, 0.2) is 0 Å². The van der Waals surface area contributed by atoms with Gasteiger partial charge in [0, 0.05) is 38.3 Å². The summed E-state index contributed by atoms with van der Waals surface area (Å²) >= 11 is 1.49. The summed E-state index contributed by atoms with van der Waals surface area (Å²) in [6, 6.07) is 15.4. The van der Waals surface area contributed by atoms with Crippen LogP contribution >= 0.6 is 11.3 Å². The summed E-state index contributed by atoms with van der Waals surface area (Å²) in [5.41, 5.74) is 2.61. The number of aromatic nitrogens is 2. The maximum Gasteiger partial charge on any atom is 0.206 e. The molecule has 1 aromatic heterocycles. The summed E-state index contributed by atoms with van der Waals surface area (Å²) in [5, 5.41) is 16.5. The molecule has 1 aliphatic heterocycles. The van der Waals surface area contributed by atoms with Crippen molar-refractivity contribution in [3.8, 4) is 10.6 Å². The van der Waals surface area contributed by atoms with Gasteiger partial charge in [0.05, 0.1) is 5.69 Å². The molecule has 1 fully saturated rings. The predicted molar refractivity (Wildman–Crippen MR) is 104 cm³/mol. The number of nitrogens with one attached hydrogen (secondary N) is 2. The lowest BCUT2D eigenvalue weighted by molar-refractivity contribution is 0.566. The Morgan fingerprint density at radius 2 is 1.88 bits per heavy atom. The largest absolute Gasteiger partial charge is 0.367 e. The Morgan fingerprint density at radius 3 is 2.65 bits per heavy atom. The first kappa shape index (κ1) is 16.9. The zero-order chi connectivity index (χ0) is 17.8. The molecule has 2 heterocycles. The van der Waals surface area contributed by atoms with Gasteiger partial charge in [0.1, 0.15) is 10.8 Å². The number of benzene rings is 2. The van der Waals surface area contributed by atoms with E-state index < -0.39 is 0 Å². The monoisotopic (exact) mass is 369 g/mol. The molecule has 0 amide bonds. The Hall–Kier alpha value is -2.51. The van der Waals surface area contributed by atoms with Gasteiger partial charge in [-0.3, -0.25) is 0 Å². The lowest BCUT2D eigenvalue weighted by Crippen LogP contribution is -2.43. The molecule has 1 saturated heterocycles. The van der Waals surface area contributed by atoms with E-state index in [1.165, 1.54) is 11.3 Å². The van der Waals surface area contributed by atoms with Crippen LogP contribution in [0.15, 0.2) is 48.5 Å². The van der Waals surface area contributed by atoms with E-state index >= 15 is 0 Å². The summed E-state index contributed by atoms with van der Waals surface area (Å²) in [7, 11) is 0. The van der Waals surface area contributed by atoms with Gasteiger partial charge in [0.2, 0.25) is 5.13 Å². The third kappa shape index (κ3) is 3.84. The molecule has 0 bridgehead atoms. The molecular formula is C19H20FN5S. The fraction of sp³-hybridized carbons (Fsp3) is 0.263. The third-order valence-electron chi connectivity index (χ3n) is 4.36. The van der Waals surface area contributed by atoms with Crippen LogP contribution in [0, 0.1) is 5.82 Å². The van der Waals surface area contributed by atoms with Crippen molar-refractivity contribution >= 4 is 22.2 Å². The van der Waals surface area contributed by atoms with Gasteiger partial charge in [-0.05, 0) is 17.7 Å². The van der Waals surface area contributed by atoms with Gasteiger partial charge in [-0.1, -0.05) is 47.7 Å². The molecule has 4 rings (SSSR count). The highest BCUT2D eigenvalue weighted by molar-refractivity contribution is 7.18. The average Bonchev–Trinajstić information content (AvgIpc) is 3.17. The summed E-state index contributed by atoms with van der Waals surface area (Å²) in [4.78, 5) is 2.08. The molecule has 2 N–H and O–H groups in total. The zero-order valence-electron chi connectivity index (χ0n) is 14.3. The SMILES string of the molecule is Fc1cc(CNc2nnc(-c3ccccc3)s2)ccc1N1CCNCC1. The maximum atomic E-state index is 14.5. The quantitative estimate of drug-likeness (QED) is 0.722. The Labute approximate surface area is 155 Å². The fourth-order valence-electron chi connectivity index (χ4n) is 2.99. The summed E-state index contributed by atoms with van der Waals surface area (Å²) in [5.74, 6) is -0.173. The Balaban J connectivity index is 1.40. The number of piperazine rings is 1. The zero-order valence-corrected chi connectivity index (χ0v) is 15.1. The summed E-state index contributed by atoms with van der Waals surface area (Å²) < 4.78 is 14.5. The van der Waals surface area contributed by atoms with Crippen molar-refractivity contribution in [3.63, 3.8) is 0 Å². The molecule has 5 nitrogen and oxygen atoms in total. The van der Waals surface area contributed by atoms with E-state index in [1.807, 2.05) is 42.5 Å². The van der Waals surface area contributed by atoms with E-state index in [1.54, 1.807) is 6.07 Å². The van der Waals surface area contributed by atoms with Crippen LogP contribution in [-0.4, -0.2) is 36.4 Å². The summed E-state index contributed by atoms with van der Waals surface area (Å²) in [6.45, 7) is 3.97. The Kier molecular flexibility index (Phi) is 5.08. The van der Waals surface area contributed by atoms with Gasteiger partial charge in [-0.25, -0.2) is 4.39 Å². The third-order valence-corrected chi connectivity index (χ3v) is 5.29. The lowest BCUT2D eigenvalue weighted by atomic mass is 10.1. The van der Waals surface area contributed by atoms with Gasteiger partial charge >= 0.3 is 0 Å². The molecule has 26 heavy (non-hydrogen) atoms. The van der Waals surface area contributed by atoms with Crippen molar-refractivity contribution in [2.45, 2.75) is 6.54 Å². The molecule has 134 valence electrons. The maximum absolute atomic E-state index is 14.5. The van der Waals surface area contributed by atoms with Crippen LogP contribution in [0.1, 0.15) is 5.56 Å². The molecule has 0 unspecified atom stereocenters. The number of hydrogen-bond acceptors (Lipinski definition) is 6. The molecule has 0 radical (unpaired) electrons. The molecular weight excluding hydrogens is 349 g/mol. The molecule has 0 saturated carbocycles. The van der Waals surface area contributed by atoms with E-state index in [4.69, 9.17) is 0 Å². The minimum Gasteiger partial charge on any atom is -0.367 e. The highest BCUT2D eigenvalue weighted by atomic mass is 32.1. The number of nitrogens with zero attached hydrogens (tertiary/aromatic N) is 3. The molecule has 2 aromatic carbocycles. The first-order valence-corrected chi connectivity index (χ1v) is 9.48. The van der Waals surface area contributed by atoms with Crippen molar-refractivity contribution < 1.29 is 4.39 Å². The van der Waals surface area contributed by atoms with Crippen molar-refractivity contribution in [2.75, 3.05) is 36.4 Å². The molecule has 0 spiro atoms. The van der Waals surface area contributed by atoms with Crippen LogP contribution in [-0.2, 0) is 6.54 Å². The number of hydrogen-bond donors (Lipinski definition) is 2. The minimum atomic E-state index is -0.173. The van der Waals surface area contributed by atoms with Crippen molar-refractivity contribution in [1.82, 2.24) is 15.5 Å². The molecule has 3 aromatic rings. The average molecular weight is 369 g/mol. The molecule has 1 aliphatic rings. The van der Waals surface area contributed by atoms with Crippen molar-refractivity contribution in [2.24, 2.45) is 0 Å².